The molecule has 1 N–H and O–H groups in total. The molecule has 7 heteroatoms. The second kappa shape index (κ2) is 10.6. The van der Waals surface area contributed by atoms with E-state index in [2.05, 4.69) is 15.2 Å². The average molecular weight is 453 g/mol. The largest absolute Gasteiger partial charge is 0.334 e. The van der Waals surface area contributed by atoms with Crippen LogP contribution in [0.15, 0.2) is 73.1 Å². The number of urea groups is 1. The Balaban J connectivity index is 1.43. The van der Waals surface area contributed by atoms with E-state index in [1.807, 2.05) is 41.6 Å². The number of piperidine rings is 1. The molecule has 1 aliphatic heterocycles. The van der Waals surface area contributed by atoms with Crippen LogP contribution in [0.4, 0.5) is 14.9 Å². The van der Waals surface area contributed by atoms with E-state index in [1.54, 1.807) is 24.3 Å². The summed E-state index contributed by atoms with van der Waals surface area (Å²) >= 11 is 6.07. The van der Waals surface area contributed by atoms with Crippen LogP contribution in [0.25, 0.3) is 0 Å². The highest BCUT2D eigenvalue weighted by Crippen LogP contribution is 2.26. The van der Waals surface area contributed by atoms with Crippen LogP contribution in [-0.2, 0) is 13.1 Å². The minimum atomic E-state index is -0.290. The van der Waals surface area contributed by atoms with Gasteiger partial charge in [-0.05, 0) is 72.5 Å². The van der Waals surface area contributed by atoms with Crippen LogP contribution in [0.5, 0.6) is 0 Å². The molecule has 1 saturated heterocycles. The molecule has 0 unspecified atom stereocenters. The molecule has 166 valence electrons. The third-order valence-corrected chi connectivity index (χ3v) is 6.01. The number of hydrogen-bond donors (Lipinski definition) is 1. The summed E-state index contributed by atoms with van der Waals surface area (Å²) in [6.45, 7) is 3.03. The maximum Gasteiger partial charge on any atom is 0.322 e. The van der Waals surface area contributed by atoms with Gasteiger partial charge < -0.3 is 5.32 Å². The van der Waals surface area contributed by atoms with Gasteiger partial charge in [0.05, 0.1) is 0 Å². The van der Waals surface area contributed by atoms with E-state index < -0.39 is 0 Å². The third kappa shape index (κ3) is 5.84. The minimum Gasteiger partial charge on any atom is -0.334 e. The highest BCUT2D eigenvalue weighted by Gasteiger charge is 2.29. The molecule has 1 fully saturated rings. The lowest BCUT2D eigenvalue weighted by atomic mass is 10.0. The van der Waals surface area contributed by atoms with E-state index >= 15 is 0 Å². The van der Waals surface area contributed by atoms with Gasteiger partial charge in [0, 0.05) is 55.3 Å². The van der Waals surface area contributed by atoms with Crippen molar-refractivity contribution >= 4 is 23.3 Å². The fourth-order valence-corrected chi connectivity index (χ4v) is 4.17. The molecule has 0 saturated carbocycles. The molecule has 0 spiro atoms. The molecular formula is C25H26ClFN4O. The van der Waals surface area contributed by atoms with Crippen LogP contribution in [0.1, 0.15) is 24.0 Å². The molecule has 2 amide bonds. The van der Waals surface area contributed by atoms with Crippen molar-refractivity contribution in [2.24, 2.45) is 0 Å². The average Bonchev–Trinajstić information content (AvgIpc) is 2.82. The van der Waals surface area contributed by atoms with Crippen LogP contribution in [0, 0.1) is 5.82 Å². The molecule has 32 heavy (non-hydrogen) atoms. The molecule has 0 atom stereocenters. The first-order valence-corrected chi connectivity index (χ1v) is 11.1. The zero-order valence-corrected chi connectivity index (χ0v) is 18.5. The van der Waals surface area contributed by atoms with Crippen LogP contribution in [0.2, 0.25) is 5.02 Å². The van der Waals surface area contributed by atoms with Gasteiger partial charge in [0.2, 0.25) is 0 Å². The molecule has 1 aromatic heterocycles. The normalized spacial score (nSPS) is 14.8. The minimum absolute atomic E-state index is 0.0816. The summed E-state index contributed by atoms with van der Waals surface area (Å²) in [5.41, 5.74) is 2.91. The monoisotopic (exact) mass is 452 g/mol. The van der Waals surface area contributed by atoms with Crippen LogP contribution < -0.4 is 10.2 Å². The molecule has 0 bridgehead atoms. The van der Waals surface area contributed by atoms with Gasteiger partial charge in [-0.1, -0.05) is 23.7 Å². The first kappa shape index (κ1) is 22.2. The van der Waals surface area contributed by atoms with Crippen molar-refractivity contribution in [2.45, 2.75) is 32.0 Å². The number of carbonyl (C=O) groups excluding carboxylic acids is 1. The highest BCUT2D eigenvalue weighted by atomic mass is 35.5. The first-order chi connectivity index (χ1) is 15.6. The number of aromatic nitrogens is 1. The summed E-state index contributed by atoms with van der Waals surface area (Å²) in [4.78, 5) is 21.5. The molecular weight excluding hydrogens is 427 g/mol. The number of hydrogen-bond acceptors (Lipinski definition) is 3. The topological polar surface area (TPSA) is 48.5 Å². The van der Waals surface area contributed by atoms with Gasteiger partial charge in [-0.15, -0.1) is 0 Å². The Bertz CT molecular complexity index is 1010. The van der Waals surface area contributed by atoms with Gasteiger partial charge >= 0.3 is 6.03 Å². The van der Waals surface area contributed by atoms with E-state index in [-0.39, 0.29) is 17.9 Å². The van der Waals surface area contributed by atoms with Gasteiger partial charge in [-0.3, -0.25) is 14.8 Å². The van der Waals surface area contributed by atoms with Crippen molar-refractivity contribution in [1.29, 1.82) is 0 Å². The lowest BCUT2D eigenvalue weighted by Crippen LogP contribution is -2.50. The fraction of sp³-hybridized carbons (Fsp3) is 0.280. The lowest BCUT2D eigenvalue weighted by molar-refractivity contribution is 0.197. The maximum atomic E-state index is 13.2. The van der Waals surface area contributed by atoms with Crippen molar-refractivity contribution in [3.05, 3.63) is 95.0 Å². The fourth-order valence-electron chi connectivity index (χ4n) is 4.04. The molecule has 0 aliphatic carbocycles. The Labute approximate surface area is 192 Å². The Hall–Kier alpha value is -2.96. The molecule has 2 heterocycles. The van der Waals surface area contributed by atoms with E-state index in [0.29, 0.717) is 11.6 Å². The number of amides is 2. The summed E-state index contributed by atoms with van der Waals surface area (Å²) in [6, 6.07) is 17.5. The second-order valence-corrected chi connectivity index (χ2v) is 8.43. The lowest BCUT2D eigenvalue weighted by Gasteiger charge is -2.38. The number of halogens is 2. The van der Waals surface area contributed by atoms with E-state index in [9.17, 15) is 9.18 Å². The van der Waals surface area contributed by atoms with Crippen molar-refractivity contribution in [3.8, 4) is 0 Å². The predicted molar refractivity (Wildman–Crippen MR) is 125 cm³/mol. The van der Waals surface area contributed by atoms with Crippen molar-refractivity contribution in [1.82, 2.24) is 15.2 Å². The molecule has 4 rings (SSSR count). The van der Waals surface area contributed by atoms with Gasteiger partial charge in [0.15, 0.2) is 0 Å². The summed E-state index contributed by atoms with van der Waals surface area (Å²) < 4.78 is 13.2. The molecule has 5 nitrogen and oxygen atoms in total. The number of anilines is 1. The zero-order chi connectivity index (χ0) is 22.3. The summed E-state index contributed by atoms with van der Waals surface area (Å²) in [7, 11) is 0. The van der Waals surface area contributed by atoms with Crippen molar-refractivity contribution in [3.63, 3.8) is 0 Å². The number of likely N-dealkylation sites (tertiary alicyclic amines) is 1. The van der Waals surface area contributed by atoms with Gasteiger partial charge in [-0.25, -0.2) is 9.18 Å². The quantitative estimate of drug-likeness (QED) is 0.555. The van der Waals surface area contributed by atoms with Crippen LogP contribution >= 0.6 is 11.6 Å². The molecule has 3 aromatic rings. The Morgan fingerprint density at radius 1 is 1.00 bits per heavy atom. The molecule has 1 aliphatic rings. The maximum absolute atomic E-state index is 13.2. The predicted octanol–water partition coefficient (Wildman–Crippen LogP) is 5.25. The zero-order valence-electron chi connectivity index (χ0n) is 17.8. The summed E-state index contributed by atoms with van der Waals surface area (Å²) in [5, 5.41) is 3.62. The Morgan fingerprint density at radius 3 is 2.31 bits per heavy atom. The van der Waals surface area contributed by atoms with Crippen LogP contribution in [-0.4, -0.2) is 35.0 Å². The summed E-state index contributed by atoms with van der Waals surface area (Å²) in [6.07, 6.45) is 5.38. The number of nitrogens with zero attached hydrogens (tertiary/aromatic N) is 3. The number of rotatable bonds is 6. The second-order valence-electron chi connectivity index (χ2n) is 7.99. The number of carbonyl (C=O) groups is 1. The summed E-state index contributed by atoms with van der Waals surface area (Å²) in [5.74, 6) is -0.290. The molecule has 0 radical (unpaired) electrons. The van der Waals surface area contributed by atoms with E-state index in [4.69, 9.17) is 11.6 Å². The van der Waals surface area contributed by atoms with Crippen molar-refractivity contribution < 1.29 is 9.18 Å². The standard InChI is InChI=1S/C25H26ClFN4O/c26-21-3-7-23(8-4-21)31(25(32)29-17-19-1-5-22(27)6-2-19)24-11-15-30(16-12-24)18-20-9-13-28-14-10-20/h1-10,13-14,24H,11-12,15-18H2,(H,29,32). The van der Waals surface area contributed by atoms with Crippen LogP contribution in [0.3, 0.4) is 0 Å². The smallest absolute Gasteiger partial charge is 0.322 e. The van der Waals surface area contributed by atoms with E-state index in [0.717, 1.165) is 43.7 Å². The van der Waals surface area contributed by atoms with E-state index in [1.165, 1.54) is 17.7 Å². The number of benzene rings is 2. The van der Waals surface area contributed by atoms with Gasteiger partial charge in [-0.2, -0.15) is 0 Å². The number of nitrogens with one attached hydrogen (secondary N) is 1. The Kier molecular flexibility index (Phi) is 7.35. The highest BCUT2D eigenvalue weighted by molar-refractivity contribution is 6.30. The first-order valence-electron chi connectivity index (χ1n) is 10.8. The Morgan fingerprint density at radius 2 is 1.66 bits per heavy atom. The van der Waals surface area contributed by atoms with Gasteiger partial charge in [0.25, 0.3) is 0 Å². The molecule has 2 aromatic carbocycles. The number of pyridine rings is 1. The van der Waals surface area contributed by atoms with Gasteiger partial charge in [0.1, 0.15) is 5.82 Å². The third-order valence-electron chi connectivity index (χ3n) is 5.76. The SMILES string of the molecule is O=C(NCc1ccc(F)cc1)N(c1ccc(Cl)cc1)C1CCN(Cc2ccncc2)CC1. The van der Waals surface area contributed by atoms with Crippen molar-refractivity contribution in [2.75, 3.05) is 18.0 Å².